The van der Waals surface area contributed by atoms with E-state index in [1.54, 1.807) is 0 Å². The van der Waals surface area contributed by atoms with Gasteiger partial charge in [0.2, 0.25) is 0 Å². The van der Waals surface area contributed by atoms with Crippen molar-refractivity contribution in [2.75, 3.05) is 9.80 Å². The number of benzene rings is 11. The zero-order valence-corrected chi connectivity index (χ0v) is 54.7. The van der Waals surface area contributed by atoms with Crippen molar-refractivity contribution in [1.82, 2.24) is 9.97 Å². The molecule has 4 nitrogen and oxygen atoms in total. The van der Waals surface area contributed by atoms with Crippen LogP contribution in [0.3, 0.4) is 0 Å². The van der Waals surface area contributed by atoms with Crippen molar-refractivity contribution in [2.45, 2.75) is 105 Å². The number of anilines is 6. The van der Waals surface area contributed by atoms with Gasteiger partial charge in [-0.25, -0.2) is 9.97 Å². The van der Waals surface area contributed by atoms with Crippen molar-refractivity contribution in [1.29, 1.82) is 0 Å². The van der Waals surface area contributed by atoms with Crippen molar-refractivity contribution in [3.05, 3.63) is 283 Å². The van der Waals surface area contributed by atoms with Crippen LogP contribution < -0.4 is 26.2 Å². The SMILES string of the molecule is CC(C)(C)c1cc(-c2cc(-c3ccc(C(C)(C)C)c(C(C)(C)C)c3)nc(-c3cc4c5c(c3)N(c3ccc(-c6ccccc6)cc3)c3cc(-c6ccccc6)ccc3B5c3ccc(-c5ccccc5)cc3N4c3ccc(-c4ccccc4)cc3)n2)cc(C(C)(C)C)c1. The largest absolute Gasteiger partial charge is 0.311 e. The molecule has 1 aromatic heterocycles. The molecule has 0 bridgehead atoms. The summed E-state index contributed by atoms with van der Waals surface area (Å²) in [5.74, 6) is 0.658. The molecular formula is C86H79BN4. The number of nitrogens with zero attached hydrogens (tertiary/aromatic N) is 4. The summed E-state index contributed by atoms with van der Waals surface area (Å²) in [5.41, 5.74) is 29.2. The summed E-state index contributed by atoms with van der Waals surface area (Å²) in [6.07, 6.45) is 0. The molecule has 91 heavy (non-hydrogen) atoms. The second-order valence-electron chi connectivity index (χ2n) is 29.2. The molecule has 12 aromatic rings. The smallest absolute Gasteiger partial charge is 0.252 e. The maximum atomic E-state index is 5.87. The number of rotatable bonds is 9. The van der Waals surface area contributed by atoms with Crippen LogP contribution in [-0.4, -0.2) is 16.7 Å². The third kappa shape index (κ3) is 11.2. The second-order valence-corrected chi connectivity index (χ2v) is 29.2. The van der Waals surface area contributed by atoms with Crippen molar-refractivity contribution < 1.29 is 0 Å². The van der Waals surface area contributed by atoms with E-state index in [1.165, 1.54) is 60.9 Å². The van der Waals surface area contributed by atoms with Gasteiger partial charge in [0.05, 0.1) is 11.4 Å². The van der Waals surface area contributed by atoms with Gasteiger partial charge in [-0.2, -0.15) is 0 Å². The van der Waals surface area contributed by atoms with E-state index in [4.69, 9.17) is 9.97 Å². The molecule has 11 aromatic carbocycles. The van der Waals surface area contributed by atoms with E-state index in [1.807, 2.05) is 0 Å². The Labute approximate surface area is 540 Å². The lowest BCUT2D eigenvalue weighted by atomic mass is 9.33. The predicted octanol–water partition coefficient (Wildman–Crippen LogP) is 21.4. The molecule has 0 saturated heterocycles. The quantitative estimate of drug-likeness (QED) is 0.135. The van der Waals surface area contributed by atoms with Crippen LogP contribution in [0.25, 0.3) is 78.4 Å². The monoisotopic (exact) mass is 1180 g/mol. The molecule has 2 aliphatic rings. The zero-order valence-electron chi connectivity index (χ0n) is 54.7. The minimum Gasteiger partial charge on any atom is -0.311 e. The summed E-state index contributed by atoms with van der Waals surface area (Å²) in [5, 5.41) is 0. The Morgan fingerprint density at radius 3 is 1.01 bits per heavy atom. The first-order chi connectivity index (χ1) is 43.6. The van der Waals surface area contributed by atoms with Crippen LogP contribution in [0.2, 0.25) is 0 Å². The van der Waals surface area contributed by atoms with Crippen molar-refractivity contribution in [3.63, 3.8) is 0 Å². The van der Waals surface area contributed by atoms with Crippen molar-refractivity contribution in [3.8, 4) is 78.4 Å². The van der Waals surface area contributed by atoms with E-state index in [0.717, 1.165) is 84.5 Å². The normalized spacial score (nSPS) is 13.0. The maximum Gasteiger partial charge on any atom is 0.252 e. The third-order valence-electron chi connectivity index (χ3n) is 18.6. The summed E-state index contributed by atoms with van der Waals surface area (Å²) in [6, 6.07) is 97.0. The highest BCUT2D eigenvalue weighted by Crippen LogP contribution is 2.49. The standard InChI is InChI=1S/C86H79BN4/c1-83(2,3)67-47-65(48-68(54-67)84(4,5)6)76-55-75(64-37-44-71(85(7,8)9)72(49-64)86(10,11)12)88-82(89-76)66-52-79-81-80(53-66)91(70-42-35-61(36-43-70)57-27-19-14-20-28-57)78-51-63(59-31-23-16-24-32-59)39-46-74(78)87(81)73-45-38-62(58-29-21-15-22-30-58)50-77(73)90(79)69-40-33-60(34-41-69)56-25-17-13-18-26-56/h13-55H,1-12H3. The molecule has 5 heteroatoms. The maximum absolute atomic E-state index is 5.87. The molecule has 0 radical (unpaired) electrons. The van der Waals surface area contributed by atoms with E-state index < -0.39 is 0 Å². The van der Waals surface area contributed by atoms with Crippen LogP contribution >= 0.6 is 0 Å². The van der Waals surface area contributed by atoms with Crippen LogP contribution in [0.1, 0.15) is 105 Å². The highest BCUT2D eigenvalue weighted by Gasteiger charge is 2.44. The minimum absolute atomic E-state index is 0.0648. The molecule has 0 spiro atoms. The van der Waals surface area contributed by atoms with Gasteiger partial charge in [0.15, 0.2) is 5.82 Å². The molecular weight excluding hydrogens is 1100 g/mol. The van der Waals surface area contributed by atoms with Crippen molar-refractivity contribution >= 4 is 57.2 Å². The fourth-order valence-corrected chi connectivity index (χ4v) is 13.7. The molecule has 14 rings (SSSR count). The average Bonchev–Trinajstić information content (AvgIpc) is 0.698. The fraction of sp³-hybridized carbons (Fsp3) is 0.186. The first kappa shape index (κ1) is 58.8. The zero-order chi connectivity index (χ0) is 63.1. The molecule has 0 aliphatic carbocycles. The molecule has 0 fully saturated rings. The van der Waals surface area contributed by atoms with Crippen molar-refractivity contribution in [2.24, 2.45) is 0 Å². The van der Waals surface area contributed by atoms with Gasteiger partial charge in [0.1, 0.15) is 0 Å². The van der Waals surface area contributed by atoms with E-state index >= 15 is 0 Å². The lowest BCUT2D eigenvalue weighted by Gasteiger charge is -2.44. The minimum atomic E-state index is -0.144. The Morgan fingerprint density at radius 1 is 0.264 bits per heavy atom. The number of aromatic nitrogens is 2. The Bertz CT molecular complexity index is 4470. The summed E-state index contributed by atoms with van der Waals surface area (Å²) in [7, 11) is 0. The highest BCUT2D eigenvalue weighted by molar-refractivity contribution is 7.00. The fourth-order valence-electron chi connectivity index (χ4n) is 13.7. The number of hydrogen-bond donors (Lipinski definition) is 0. The van der Waals surface area contributed by atoms with Gasteiger partial charge in [-0.3, -0.25) is 0 Å². The van der Waals surface area contributed by atoms with Crippen LogP contribution in [0.15, 0.2) is 261 Å². The first-order valence-corrected chi connectivity index (χ1v) is 32.3. The van der Waals surface area contributed by atoms with Crippen LogP contribution in [-0.2, 0) is 21.7 Å². The topological polar surface area (TPSA) is 32.3 Å². The van der Waals surface area contributed by atoms with Crippen LogP contribution in [0.5, 0.6) is 0 Å². The van der Waals surface area contributed by atoms with E-state index in [-0.39, 0.29) is 28.4 Å². The molecule has 0 N–H and O–H groups in total. The Kier molecular flexibility index (Phi) is 14.6. The molecule has 0 atom stereocenters. The molecule has 0 saturated carbocycles. The lowest BCUT2D eigenvalue weighted by molar-refractivity contribution is 0.530. The van der Waals surface area contributed by atoms with Gasteiger partial charge in [0, 0.05) is 50.8 Å². The Morgan fingerprint density at radius 2 is 0.615 bits per heavy atom. The van der Waals surface area contributed by atoms with E-state index in [2.05, 4.69) is 354 Å². The summed E-state index contributed by atoms with van der Waals surface area (Å²) < 4.78 is 0. The van der Waals surface area contributed by atoms with Gasteiger partial charge in [0.25, 0.3) is 6.71 Å². The Balaban J connectivity index is 1.10. The lowest BCUT2D eigenvalue weighted by Crippen LogP contribution is -2.61. The third-order valence-corrected chi connectivity index (χ3v) is 18.6. The summed E-state index contributed by atoms with van der Waals surface area (Å²) >= 11 is 0. The van der Waals surface area contributed by atoms with Gasteiger partial charge >= 0.3 is 0 Å². The first-order valence-electron chi connectivity index (χ1n) is 32.3. The molecule has 0 unspecified atom stereocenters. The molecule has 0 amide bonds. The molecule has 446 valence electrons. The number of fused-ring (bicyclic) bond motifs is 4. The van der Waals surface area contributed by atoms with E-state index in [9.17, 15) is 0 Å². The van der Waals surface area contributed by atoms with E-state index in [0.29, 0.717) is 5.82 Å². The second kappa shape index (κ2) is 22.6. The number of hydrogen-bond acceptors (Lipinski definition) is 4. The summed E-state index contributed by atoms with van der Waals surface area (Å²) in [6.45, 7) is 27.7. The van der Waals surface area contributed by atoms with Crippen LogP contribution in [0, 0.1) is 0 Å². The molecule has 3 heterocycles. The van der Waals surface area contributed by atoms with Gasteiger partial charge < -0.3 is 9.80 Å². The van der Waals surface area contributed by atoms with Crippen LogP contribution in [0.4, 0.5) is 34.1 Å². The Hall–Kier alpha value is -9.84. The summed E-state index contributed by atoms with van der Waals surface area (Å²) in [4.78, 5) is 16.8. The van der Waals surface area contributed by atoms with Gasteiger partial charge in [-0.05, 0) is 178 Å². The predicted molar refractivity (Wildman–Crippen MR) is 389 cm³/mol. The average molecular weight is 1180 g/mol. The highest BCUT2D eigenvalue weighted by atomic mass is 15.2. The van der Waals surface area contributed by atoms with Gasteiger partial charge in [-0.15, -0.1) is 0 Å². The van der Waals surface area contributed by atoms with Gasteiger partial charge in [-0.1, -0.05) is 271 Å². The molecule has 2 aliphatic heterocycles.